The zero-order valence-electron chi connectivity index (χ0n) is 10.4. The Balaban J connectivity index is 4.32. The van der Waals surface area contributed by atoms with Crippen LogP contribution in [0.15, 0.2) is 35.7 Å². The van der Waals surface area contributed by atoms with Gasteiger partial charge in [-0.2, -0.15) is 0 Å². The first-order chi connectivity index (χ1) is 7.26. The van der Waals surface area contributed by atoms with E-state index in [4.69, 9.17) is 0 Å². The van der Waals surface area contributed by atoms with E-state index in [1.165, 1.54) is 24.2 Å². The molecule has 0 aromatic carbocycles. The van der Waals surface area contributed by atoms with E-state index in [-0.39, 0.29) is 0 Å². The molecule has 2 nitrogen and oxygen atoms in total. The lowest BCUT2D eigenvalue weighted by atomic mass is 10.2. The summed E-state index contributed by atoms with van der Waals surface area (Å²) in [5.41, 5.74) is 2.34. The molecule has 0 aromatic rings. The monoisotopic (exact) mass is 208 g/mol. The normalized spacial score (nSPS) is 13.3. The van der Waals surface area contributed by atoms with Crippen molar-refractivity contribution in [1.82, 2.24) is 10.6 Å². The van der Waals surface area contributed by atoms with E-state index in [9.17, 15) is 0 Å². The molecule has 0 fully saturated rings. The SMILES string of the molecule is C\C=C/C=C\C(NCCCC)=C(/C)NC. The van der Waals surface area contributed by atoms with Crippen molar-refractivity contribution in [2.75, 3.05) is 13.6 Å². The molecule has 2 heteroatoms. The van der Waals surface area contributed by atoms with E-state index in [0.29, 0.717) is 0 Å². The van der Waals surface area contributed by atoms with Gasteiger partial charge in [0.15, 0.2) is 0 Å². The van der Waals surface area contributed by atoms with E-state index < -0.39 is 0 Å². The van der Waals surface area contributed by atoms with Gasteiger partial charge in [0, 0.05) is 19.3 Å². The lowest BCUT2D eigenvalue weighted by Gasteiger charge is -2.10. The maximum absolute atomic E-state index is 3.43. The molecule has 0 aromatic heterocycles. The van der Waals surface area contributed by atoms with Crippen LogP contribution in [0.5, 0.6) is 0 Å². The Morgan fingerprint density at radius 1 is 1.27 bits per heavy atom. The predicted molar refractivity (Wildman–Crippen MR) is 68.6 cm³/mol. The summed E-state index contributed by atoms with van der Waals surface area (Å²) in [5, 5.41) is 6.59. The molecule has 86 valence electrons. The zero-order chi connectivity index (χ0) is 11.5. The molecule has 0 aliphatic rings. The molecule has 0 unspecified atom stereocenters. The molecule has 0 atom stereocenters. The van der Waals surface area contributed by atoms with E-state index in [1.54, 1.807) is 0 Å². The number of rotatable bonds is 7. The molecule has 0 saturated heterocycles. The standard InChI is InChI=1S/C13H24N2/c1-5-7-9-10-13(12(3)14-4)15-11-8-6-2/h5,7,9-10,14-15H,6,8,11H2,1-4H3/b7-5-,10-9-,13-12-. The van der Waals surface area contributed by atoms with Gasteiger partial charge in [-0.3, -0.25) is 0 Å². The Morgan fingerprint density at radius 2 is 2.00 bits per heavy atom. The average molecular weight is 208 g/mol. The fourth-order valence-electron chi connectivity index (χ4n) is 1.11. The lowest BCUT2D eigenvalue weighted by molar-refractivity contribution is 0.709. The van der Waals surface area contributed by atoms with Crippen LogP contribution in [0.25, 0.3) is 0 Å². The smallest absolute Gasteiger partial charge is 0.0529 e. The second kappa shape index (κ2) is 9.38. The Kier molecular flexibility index (Phi) is 8.64. The van der Waals surface area contributed by atoms with Crippen molar-refractivity contribution in [3.8, 4) is 0 Å². The number of unbranched alkanes of at least 4 members (excludes halogenated alkanes) is 1. The summed E-state index contributed by atoms with van der Waals surface area (Å²) >= 11 is 0. The fourth-order valence-corrected chi connectivity index (χ4v) is 1.11. The first-order valence-electron chi connectivity index (χ1n) is 5.68. The molecule has 15 heavy (non-hydrogen) atoms. The number of hydrogen-bond acceptors (Lipinski definition) is 2. The molecular weight excluding hydrogens is 184 g/mol. The van der Waals surface area contributed by atoms with Crippen molar-refractivity contribution in [2.45, 2.75) is 33.6 Å². The van der Waals surface area contributed by atoms with E-state index in [2.05, 4.69) is 36.6 Å². The van der Waals surface area contributed by atoms with Crippen LogP contribution >= 0.6 is 0 Å². The van der Waals surface area contributed by atoms with E-state index >= 15 is 0 Å². The minimum Gasteiger partial charge on any atom is -0.390 e. The highest BCUT2D eigenvalue weighted by Gasteiger charge is 1.95. The number of hydrogen-bond donors (Lipinski definition) is 2. The van der Waals surface area contributed by atoms with Crippen molar-refractivity contribution in [3.05, 3.63) is 35.7 Å². The van der Waals surface area contributed by atoms with Gasteiger partial charge in [-0.15, -0.1) is 0 Å². The predicted octanol–water partition coefficient (Wildman–Crippen LogP) is 2.96. The van der Waals surface area contributed by atoms with Crippen LogP contribution in [-0.4, -0.2) is 13.6 Å². The van der Waals surface area contributed by atoms with Crippen molar-refractivity contribution in [1.29, 1.82) is 0 Å². The molecule has 2 N–H and O–H groups in total. The molecule has 0 aliphatic carbocycles. The molecule has 0 spiro atoms. The van der Waals surface area contributed by atoms with Crippen LogP contribution in [0.2, 0.25) is 0 Å². The van der Waals surface area contributed by atoms with Crippen molar-refractivity contribution in [3.63, 3.8) is 0 Å². The summed E-state index contributed by atoms with van der Waals surface area (Å²) < 4.78 is 0. The van der Waals surface area contributed by atoms with Gasteiger partial charge in [0.1, 0.15) is 0 Å². The highest BCUT2D eigenvalue weighted by atomic mass is 14.9. The Bertz CT molecular complexity index is 237. The van der Waals surface area contributed by atoms with Gasteiger partial charge in [0.25, 0.3) is 0 Å². The summed E-state index contributed by atoms with van der Waals surface area (Å²) in [6, 6.07) is 0. The third-order valence-corrected chi connectivity index (χ3v) is 2.19. The summed E-state index contributed by atoms with van der Waals surface area (Å²) in [7, 11) is 1.94. The van der Waals surface area contributed by atoms with Crippen LogP contribution < -0.4 is 10.6 Å². The van der Waals surface area contributed by atoms with Crippen molar-refractivity contribution in [2.24, 2.45) is 0 Å². The lowest BCUT2D eigenvalue weighted by Crippen LogP contribution is -2.18. The van der Waals surface area contributed by atoms with E-state index in [1.807, 2.05) is 26.1 Å². The third kappa shape index (κ3) is 6.83. The summed E-state index contributed by atoms with van der Waals surface area (Å²) in [6.07, 6.45) is 10.6. The van der Waals surface area contributed by atoms with Gasteiger partial charge in [-0.05, 0) is 26.3 Å². The van der Waals surface area contributed by atoms with Crippen LogP contribution in [0.1, 0.15) is 33.6 Å². The summed E-state index contributed by atoms with van der Waals surface area (Å²) in [5.74, 6) is 0. The maximum atomic E-state index is 3.43. The molecular formula is C13H24N2. The van der Waals surface area contributed by atoms with Gasteiger partial charge >= 0.3 is 0 Å². The van der Waals surface area contributed by atoms with Crippen molar-refractivity contribution >= 4 is 0 Å². The Morgan fingerprint density at radius 3 is 2.53 bits per heavy atom. The zero-order valence-corrected chi connectivity index (χ0v) is 10.4. The Labute approximate surface area is 94.1 Å². The number of allylic oxidation sites excluding steroid dienone is 5. The van der Waals surface area contributed by atoms with Gasteiger partial charge < -0.3 is 10.6 Å². The molecule has 0 aliphatic heterocycles. The highest BCUT2D eigenvalue weighted by molar-refractivity contribution is 5.24. The molecule has 0 amide bonds. The minimum absolute atomic E-state index is 1.03. The molecule has 0 bridgehead atoms. The first-order valence-corrected chi connectivity index (χ1v) is 5.68. The summed E-state index contributed by atoms with van der Waals surface area (Å²) in [4.78, 5) is 0. The van der Waals surface area contributed by atoms with Gasteiger partial charge in [0.05, 0.1) is 5.70 Å². The quantitative estimate of drug-likeness (QED) is 0.496. The van der Waals surface area contributed by atoms with Crippen molar-refractivity contribution < 1.29 is 0 Å². The second-order valence-electron chi connectivity index (χ2n) is 3.45. The maximum Gasteiger partial charge on any atom is 0.0529 e. The molecule has 0 rings (SSSR count). The van der Waals surface area contributed by atoms with Gasteiger partial charge in [-0.1, -0.05) is 31.6 Å². The first kappa shape index (κ1) is 13.8. The molecule has 0 saturated carbocycles. The number of nitrogens with one attached hydrogen (secondary N) is 2. The van der Waals surface area contributed by atoms with Crippen LogP contribution in [0.4, 0.5) is 0 Å². The van der Waals surface area contributed by atoms with Crippen LogP contribution in [0, 0.1) is 0 Å². The van der Waals surface area contributed by atoms with Gasteiger partial charge in [0.2, 0.25) is 0 Å². The molecule has 0 heterocycles. The van der Waals surface area contributed by atoms with E-state index in [0.717, 1.165) is 6.54 Å². The van der Waals surface area contributed by atoms with Gasteiger partial charge in [-0.25, -0.2) is 0 Å². The largest absolute Gasteiger partial charge is 0.390 e. The average Bonchev–Trinajstić information content (AvgIpc) is 2.26. The third-order valence-electron chi connectivity index (χ3n) is 2.19. The topological polar surface area (TPSA) is 24.1 Å². The summed E-state index contributed by atoms with van der Waals surface area (Å²) in [6.45, 7) is 7.33. The molecule has 0 radical (unpaired) electrons. The minimum atomic E-state index is 1.03. The Hall–Kier alpha value is -1.18. The van der Waals surface area contributed by atoms with Crippen LogP contribution in [-0.2, 0) is 0 Å². The highest BCUT2D eigenvalue weighted by Crippen LogP contribution is 2.00. The van der Waals surface area contributed by atoms with Crippen LogP contribution in [0.3, 0.4) is 0 Å². The fraction of sp³-hybridized carbons (Fsp3) is 0.538. The second-order valence-corrected chi connectivity index (χ2v) is 3.45.